The van der Waals surface area contributed by atoms with Gasteiger partial charge in [-0.15, -0.1) is 0 Å². The number of amides is 2. The summed E-state index contributed by atoms with van der Waals surface area (Å²) >= 11 is 0. The molecule has 8 nitrogen and oxygen atoms in total. The SMILES string of the molecule is O=C(NC[C@@H]1C[C@H](C(=O)N2CC3CC2C3C(=O)O)CO1)OCC1c2ccccc2-c2ccccc21. The van der Waals surface area contributed by atoms with Gasteiger partial charge >= 0.3 is 12.1 Å². The van der Waals surface area contributed by atoms with Crippen molar-refractivity contribution in [2.75, 3.05) is 26.3 Å². The van der Waals surface area contributed by atoms with Gasteiger partial charge in [-0.25, -0.2) is 4.79 Å². The molecule has 2 aromatic rings. The first-order valence-corrected chi connectivity index (χ1v) is 12.2. The molecule has 3 saturated heterocycles. The molecule has 0 aromatic heterocycles. The van der Waals surface area contributed by atoms with Crippen molar-refractivity contribution >= 4 is 18.0 Å². The molecule has 2 aliphatic carbocycles. The van der Waals surface area contributed by atoms with Crippen LogP contribution in [0.5, 0.6) is 0 Å². The number of alkyl carbamates (subject to hydrolysis) is 1. The first-order valence-electron chi connectivity index (χ1n) is 12.2. The van der Waals surface area contributed by atoms with E-state index >= 15 is 0 Å². The Hall–Kier alpha value is -3.39. The van der Waals surface area contributed by atoms with E-state index in [-0.39, 0.29) is 49.0 Å². The van der Waals surface area contributed by atoms with Crippen LogP contribution in [0, 0.1) is 17.8 Å². The number of aliphatic carboxylic acids is 1. The van der Waals surface area contributed by atoms with Gasteiger partial charge in [-0.1, -0.05) is 48.5 Å². The van der Waals surface area contributed by atoms with Gasteiger partial charge in [0.15, 0.2) is 0 Å². The summed E-state index contributed by atoms with van der Waals surface area (Å²) in [6.07, 6.45) is 0.518. The van der Waals surface area contributed by atoms with E-state index in [1.165, 1.54) is 11.1 Å². The van der Waals surface area contributed by atoms with Crippen molar-refractivity contribution in [3.63, 3.8) is 0 Å². The van der Waals surface area contributed by atoms with Gasteiger partial charge in [-0.3, -0.25) is 9.59 Å². The van der Waals surface area contributed by atoms with E-state index < -0.39 is 18.0 Å². The number of nitrogens with zero attached hydrogens (tertiary/aromatic N) is 1. The predicted octanol–water partition coefficient (Wildman–Crippen LogP) is 2.86. The predicted molar refractivity (Wildman–Crippen MR) is 126 cm³/mol. The summed E-state index contributed by atoms with van der Waals surface area (Å²) in [5.74, 6) is -1.47. The quantitative estimate of drug-likeness (QED) is 0.664. The number of rotatable bonds is 6. The number of hydrogen-bond acceptors (Lipinski definition) is 5. The van der Waals surface area contributed by atoms with E-state index in [0.717, 1.165) is 17.5 Å². The van der Waals surface area contributed by atoms with Crippen LogP contribution in [0.2, 0.25) is 0 Å². The van der Waals surface area contributed by atoms with Crippen molar-refractivity contribution in [2.24, 2.45) is 17.8 Å². The zero-order valence-electron chi connectivity index (χ0n) is 19.3. The minimum Gasteiger partial charge on any atom is -0.481 e. The van der Waals surface area contributed by atoms with Crippen molar-refractivity contribution in [1.82, 2.24) is 10.2 Å². The number of carboxylic acids is 1. The number of ether oxygens (including phenoxy) is 2. The zero-order valence-corrected chi connectivity index (χ0v) is 19.3. The van der Waals surface area contributed by atoms with Crippen molar-refractivity contribution < 1.29 is 29.0 Å². The molecular weight excluding hydrogens is 448 g/mol. The molecule has 3 heterocycles. The van der Waals surface area contributed by atoms with Gasteiger partial charge in [-0.2, -0.15) is 0 Å². The Labute approximate surface area is 203 Å². The first kappa shape index (κ1) is 22.1. The van der Waals surface area contributed by atoms with Crippen molar-refractivity contribution in [3.8, 4) is 11.1 Å². The Kier molecular flexibility index (Phi) is 5.48. The van der Waals surface area contributed by atoms with Crippen LogP contribution < -0.4 is 5.32 Å². The lowest BCUT2D eigenvalue weighted by Gasteiger charge is -2.33. The van der Waals surface area contributed by atoms with Crippen LogP contribution in [0.4, 0.5) is 4.79 Å². The lowest BCUT2D eigenvalue weighted by molar-refractivity contribution is -0.148. The Morgan fingerprint density at radius 1 is 1.03 bits per heavy atom. The zero-order chi connectivity index (χ0) is 24.1. The highest BCUT2D eigenvalue weighted by Crippen LogP contribution is 2.47. The summed E-state index contributed by atoms with van der Waals surface area (Å²) in [6.45, 7) is 1.33. The average Bonchev–Trinajstić information content (AvgIpc) is 3.62. The third-order valence-corrected chi connectivity index (χ3v) is 8.11. The molecule has 5 atom stereocenters. The van der Waals surface area contributed by atoms with Crippen LogP contribution in [-0.2, 0) is 19.1 Å². The number of carbonyl (C=O) groups is 3. The number of benzene rings is 2. The number of carboxylic acid groups (broad SMARTS) is 1. The molecule has 5 aliphatic rings. The van der Waals surface area contributed by atoms with Crippen LogP contribution in [-0.4, -0.2) is 66.4 Å². The first-order chi connectivity index (χ1) is 17.0. The molecule has 2 aromatic carbocycles. The third-order valence-electron chi connectivity index (χ3n) is 8.11. The van der Waals surface area contributed by atoms with Crippen LogP contribution in [0.1, 0.15) is 29.9 Å². The molecule has 2 bridgehead atoms. The number of hydrogen-bond donors (Lipinski definition) is 2. The molecule has 182 valence electrons. The molecule has 0 radical (unpaired) electrons. The standard InChI is InChI=1S/C27H28N2O6/c30-25(29-12-15-10-23(29)24(15)26(31)32)16-9-17(34-13-16)11-28-27(33)35-14-22-20-7-3-1-5-18(20)19-6-2-4-8-21(19)22/h1-8,15-17,22-24H,9-14H2,(H,28,33)(H,31,32)/t15?,16-,17-,23?,24?/m0/s1. The maximum atomic E-state index is 12.9. The highest BCUT2D eigenvalue weighted by molar-refractivity contribution is 5.83. The number of carbonyl (C=O) groups excluding carboxylic acids is 2. The maximum Gasteiger partial charge on any atom is 0.407 e. The molecule has 1 saturated carbocycles. The van der Waals surface area contributed by atoms with Crippen molar-refractivity contribution in [2.45, 2.75) is 30.9 Å². The van der Waals surface area contributed by atoms with Crippen LogP contribution in [0.3, 0.4) is 0 Å². The molecular formula is C27H28N2O6. The molecule has 35 heavy (non-hydrogen) atoms. The fourth-order valence-electron chi connectivity index (χ4n) is 6.34. The molecule has 0 spiro atoms. The molecule has 3 unspecified atom stereocenters. The number of fused-ring (bicyclic) bond motifs is 4. The molecule has 4 fully saturated rings. The Balaban J connectivity index is 0.989. The second-order valence-electron chi connectivity index (χ2n) is 10.0. The van der Waals surface area contributed by atoms with Gasteiger partial charge in [0.2, 0.25) is 5.91 Å². The van der Waals surface area contributed by atoms with Crippen molar-refractivity contribution in [3.05, 3.63) is 59.7 Å². The Morgan fingerprint density at radius 3 is 2.37 bits per heavy atom. The van der Waals surface area contributed by atoms with Gasteiger partial charge in [0, 0.05) is 25.0 Å². The largest absolute Gasteiger partial charge is 0.481 e. The van der Waals surface area contributed by atoms with E-state index in [0.29, 0.717) is 19.6 Å². The lowest BCUT2D eigenvalue weighted by atomic mass is 9.74. The monoisotopic (exact) mass is 476 g/mol. The minimum absolute atomic E-state index is 0.000720. The van der Waals surface area contributed by atoms with Gasteiger partial charge < -0.3 is 24.8 Å². The molecule has 7 rings (SSSR count). The summed E-state index contributed by atoms with van der Waals surface area (Å²) in [5, 5.41) is 12.1. The summed E-state index contributed by atoms with van der Waals surface area (Å²) in [6, 6.07) is 16.2. The van der Waals surface area contributed by atoms with Crippen LogP contribution >= 0.6 is 0 Å². The molecule has 2 N–H and O–H groups in total. The van der Waals surface area contributed by atoms with E-state index in [4.69, 9.17) is 9.47 Å². The van der Waals surface area contributed by atoms with E-state index in [9.17, 15) is 19.5 Å². The number of nitrogens with one attached hydrogen (secondary N) is 1. The maximum absolute atomic E-state index is 12.9. The second kappa shape index (κ2) is 8.68. The topological polar surface area (TPSA) is 105 Å². The van der Waals surface area contributed by atoms with E-state index in [1.807, 2.05) is 24.3 Å². The summed E-state index contributed by atoms with van der Waals surface area (Å²) in [5.41, 5.74) is 4.67. The third kappa shape index (κ3) is 3.76. The van der Waals surface area contributed by atoms with Gasteiger partial charge in [0.25, 0.3) is 0 Å². The summed E-state index contributed by atoms with van der Waals surface area (Å²) in [4.78, 5) is 38.5. The van der Waals surface area contributed by atoms with Gasteiger partial charge in [0.1, 0.15) is 6.61 Å². The smallest absolute Gasteiger partial charge is 0.407 e. The average molecular weight is 477 g/mol. The van der Waals surface area contributed by atoms with E-state index in [2.05, 4.69) is 29.6 Å². The van der Waals surface area contributed by atoms with Gasteiger partial charge in [0.05, 0.1) is 24.5 Å². The fourth-order valence-corrected chi connectivity index (χ4v) is 6.34. The van der Waals surface area contributed by atoms with Crippen LogP contribution in [0.15, 0.2) is 48.5 Å². The summed E-state index contributed by atoms with van der Waals surface area (Å²) < 4.78 is 11.3. The molecule has 2 amide bonds. The Bertz CT molecular complexity index is 1140. The highest BCUT2D eigenvalue weighted by Gasteiger charge is 2.58. The lowest BCUT2D eigenvalue weighted by Crippen LogP contribution is -2.46. The Morgan fingerprint density at radius 2 is 1.71 bits per heavy atom. The van der Waals surface area contributed by atoms with Gasteiger partial charge in [-0.05, 0) is 41.0 Å². The van der Waals surface area contributed by atoms with E-state index in [1.54, 1.807) is 4.90 Å². The van der Waals surface area contributed by atoms with Crippen molar-refractivity contribution in [1.29, 1.82) is 0 Å². The second-order valence-corrected chi connectivity index (χ2v) is 10.0. The van der Waals surface area contributed by atoms with Crippen LogP contribution in [0.25, 0.3) is 11.1 Å². The molecule has 8 heteroatoms. The highest BCUT2D eigenvalue weighted by atomic mass is 16.5. The molecule has 3 aliphatic heterocycles. The fraction of sp³-hybridized carbons (Fsp3) is 0.444. The summed E-state index contributed by atoms with van der Waals surface area (Å²) in [7, 11) is 0. The normalized spacial score (nSPS) is 28.2. The minimum atomic E-state index is -0.811.